The van der Waals surface area contributed by atoms with E-state index < -0.39 is 47.5 Å². The van der Waals surface area contributed by atoms with E-state index in [-0.39, 0.29) is 13.1 Å². The number of hydrogen-bond donors (Lipinski definition) is 2. The number of carbonyl (C=O) groups excluding carboxylic acids is 5. The van der Waals surface area contributed by atoms with Gasteiger partial charge in [-0.05, 0) is 6.92 Å². The van der Waals surface area contributed by atoms with Gasteiger partial charge in [-0.2, -0.15) is 0 Å². The predicted octanol–water partition coefficient (Wildman–Crippen LogP) is -2.16. The molecule has 0 aromatic rings. The highest BCUT2D eigenvalue weighted by Gasteiger charge is 2.37. The number of ketones is 1. The van der Waals surface area contributed by atoms with Crippen molar-refractivity contribution in [3.63, 3.8) is 0 Å². The number of carboxylic acids is 1. The second kappa shape index (κ2) is 7.18. The first-order valence-corrected chi connectivity index (χ1v) is 7.28. The summed E-state index contributed by atoms with van der Waals surface area (Å²) in [7, 11) is 0. The van der Waals surface area contributed by atoms with Crippen molar-refractivity contribution in [3.05, 3.63) is 24.3 Å². The standard InChI is InChI=1S/C15H15N3O7/c1-8(19)9(17-11(20)2-3-12(17)21)6-16-7-10(15(24)25)18-13(22)4-5-14(18)23/h2-5,9-10,16H,6-7H2,1H3,(H,24,25)/t9-,10-/m0/s1. The topological polar surface area (TPSA) is 141 Å². The summed E-state index contributed by atoms with van der Waals surface area (Å²) >= 11 is 0. The minimum absolute atomic E-state index is 0.206. The van der Waals surface area contributed by atoms with Crippen molar-refractivity contribution in [2.24, 2.45) is 0 Å². The van der Waals surface area contributed by atoms with E-state index in [2.05, 4.69) is 5.32 Å². The Morgan fingerprint density at radius 3 is 1.60 bits per heavy atom. The number of carbonyl (C=O) groups is 6. The second-order valence-electron chi connectivity index (χ2n) is 5.40. The molecule has 0 bridgehead atoms. The summed E-state index contributed by atoms with van der Waals surface area (Å²) in [4.78, 5) is 70.9. The van der Waals surface area contributed by atoms with Crippen molar-refractivity contribution in [3.8, 4) is 0 Å². The van der Waals surface area contributed by atoms with Crippen LogP contribution in [0, 0.1) is 0 Å². The molecule has 2 rings (SSSR count). The van der Waals surface area contributed by atoms with Crippen LogP contribution in [0.2, 0.25) is 0 Å². The number of carboxylic acid groups (broad SMARTS) is 1. The summed E-state index contributed by atoms with van der Waals surface area (Å²) in [6.07, 6.45) is 3.99. The third kappa shape index (κ3) is 3.69. The normalized spacial score (nSPS) is 19.1. The first-order chi connectivity index (χ1) is 11.7. The van der Waals surface area contributed by atoms with Crippen molar-refractivity contribution < 1.29 is 33.9 Å². The molecule has 25 heavy (non-hydrogen) atoms. The quantitative estimate of drug-likeness (QED) is 0.472. The SMILES string of the molecule is CC(=O)[C@H](CNC[C@@H](C(=O)O)N1C(=O)C=CC1=O)N1C(=O)C=CC1=O. The van der Waals surface area contributed by atoms with Gasteiger partial charge in [0.2, 0.25) is 0 Å². The van der Waals surface area contributed by atoms with E-state index >= 15 is 0 Å². The zero-order chi connectivity index (χ0) is 18.7. The molecule has 0 aromatic carbocycles. The van der Waals surface area contributed by atoms with Crippen LogP contribution >= 0.6 is 0 Å². The Morgan fingerprint density at radius 1 is 0.880 bits per heavy atom. The number of nitrogens with zero attached hydrogens (tertiary/aromatic N) is 2. The molecule has 0 aliphatic carbocycles. The highest BCUT2D eigenvalue weighted by atomic mass is 16.4. The summed E-state index contributed by atoms with van der Waals surface area (Å²) in [6.45, 7) is 0.640. The van der Waals surface area contributed by atoms with E-state index in [1.807, 2.05) is 0 Å². The molecule has 2 atom stereocenters. The van der Waals surface area contributed by atoms with E-state index in [4.69, 9.17) is 0 Å². The van der Waals surface area contributed by atoms with Crippen LogP contribution in [0.15, 0.2) is 24.3 Å². The summed E-state index contributed by atoms with van der Waals surface area (Å²) in [6, 6.07) is -2.60. The molecule has 4 amide bonds. The van der Waals surface area contributed by atoms with E-state index in [0.717, 1.165) is 29.2 Å². The van der Waals surface area contributed by atoms with Gasteiger partial charge in [0.05, 0.1) is 0 Å². The zero-order valence-electron chi connectivity index (χ0n) is 13.2. The van der Waals surface area contributed by atoms with Crippen LogP contribution in [-0.2, 0) is 28.8 Å². The Kier molecular flexibility index (Phi) is 5.22. The number of hydrogen-bond acceptors (Lipinski definition) is 7. The first-order valence-electron chi connectivity index (χ1n) is 7.28. The Hall–Kier alpha value is -3.14. The maximum Gasteiger partial charge on any atom is 0.328 e. The molecule has 10 nitrogen and oxygen atoms in total. The van der Waals surface area contributed by atoms with Gasteiger partial charge in [-0.1, -0.05) is 0 Å². The molecule has 0 radical (unpaired) electrons. The summed E-state index contributed by atoms with van der Waals surface area (Å²) in [5, 5.41) is 11.9. The average molecular weight is 349 g/mol. The Labute approximate surface area is 141 Å². The fourth-order valence-corrected chi connectivity index (χ4v) is 2.50. The first kappa shape index (κ1) is 18.2. The van der Waals surface area contributed by atoms with Crippen LogP contribution in [0.5, 0.6) is 0 Å². The van der Waals surface area contributed by atoms with Crippen molar-refractivity contribution >= 4 is 35.4 Å². The fourth-order valence-electron chi connectivity index (χ4n) is 2.50. The van der Waals surface area contributed by atoms with Gasteiger partial charge in [0.15, 0.2) is 5.78 Å². The van der Waals surface area contributed by atoms with Crippen LogP contribution in [-0.4, -0.2) is 75.5 Å². The third-order valence-corrected chi connectivity index (χ3v) is 3.74. The van der Waals surface area contributed by atoms with Gasteiger partial charge in [0.1, 0.15) is 12.1 Å². The molecular weight excluding hydrogens is 334 g/mol. The molecule has 10 heteroatoms. The number of imide groups is 2. The van der Waals surface area contributed by atoms with E-state index in [1.54, 1.807) is 0 Å². The molecule has 2 heterocycles. The minimum atomic E-state index is -1.48. The fraction of sp³-hybridized carbons (Fsp3) is 0.333. The van der Waals surface area contributed by atoms with Gasteiger partial charge in [-0.25, -0.2) is 4.79 Å². The largest absolute Gasteiger partial charge is 0.480 e. The molecule has 0 saturated carbocycles. The molecule has 0 spiro atoms. The van der Waals surface area contributed by atoms with E-state index in [9.17, 15) is 33.9 Å². The van der Waals surface area contributed by atoms with Crippen molar-refractivity contribution in [2.45, 2.75) is 19.0 Å². The molecule has 0 aromatic heterocycles. The molecule has 2 aliphatic heterocycles. The Balaban J connectivity index is 2.03. The maximum atomic E-state index is 11.7. The lowest BCUT2D eigenvalue weighted by atomic mass is 10.1. The second-order valence-corrected chi connectivity index (χ2v) is 5.40. The molecule has 0 unspecified atom stereocenters. The number of aliphatic carboxylic acids is 1. The van der Waals surface area contributed by atoms with Crippen LogP contribution in [0.3, 0.4) is 0 Å². The summed E-state index contributed by atoms with van der Waals surface area (Å²) < 4.78 is 0. The lowest BCUT2D eigenvalue weighted by Crippen LogP contribution is -2.54. The van der Waals surface area contributed by atoms with Gasteiger partial charge in [0.25, 0.3) is 23.6 Å². The molecule has 132 valence electrons. The predicted molar refractivity (Wildman–Crippen MR) is 80.7 cm³/mol. The van der Waals surface area contributed by atoms with E-state index in [0.29, 0.717) is 4.90 Å². The van der Waals surface area contributed by atoms with Gasteiger partial charge < -0.3 is 10.4 Å². The Bertz CT molecular complexity index is 629. The van der Waals surface area contributed by atoms with Crippen LogP contribution in [0.25, 0.3) is 0 Å². The van der Waals surface area contributed by atoms with Crippen molar-refractivity contribution in [1.82, 2.24) is 15.1 Å². The monoisotopic (exact) mass is 349 g/mol. The molecular formula is C15H15N3O7. The van der Waals surface area contributed by atoms with Crippen LogP contribution in [0.1, 0.15) is 6.92 Å². The minimum Gasteiger partial charge on any atom is -0.480 e. The number of rotatable bonds is 8. The number of Topliss-reactive ketones (excluding diaryl/α,β-unsaturated/α-hetero) is 1. The highest BCUT2D eigenvalue weighted by molar-refractivity contribution is 6.15. The Morgan fingerprint density at radius 2 is 1.24 bits per heavy atom. The molecule has 2 aliphatic rings. The zero-order valence-corrected chi connectivity index (χ0v) is 13.2. The highest BCUT2D eigenvalue weighted by Crippen LogP contribution is 2.11. The van der Waals surface area contributed by atoms with Crippen molar-refractivity contribution in [1.29, 1.82) is 0 Å². The van der Waals surface area contributed by atoms with Crippen LogP contribution < -0.4 is 5.32 Å². The summed E-state index contributed by atoms with van der Waals surface area (Å²) in [5.41, 5.74) is 0. The smallest absolute Gasteiger partial charge is 0.328 e. The average Bonchev–Trinajstić information content (AvgIpc) is 3.03. The lowest BCUT2D eigenvalue weighted by Gasteiger charge is -2.26. The third-order valence-electron chi connectivity index (χ3n) is 3.74. The molecule has 0 fully saturated rings. The number of nitrogens with one attached hydrogen (secondary N) is 1. The lowest BCUT2D eigenvalue weighted by molar-refractivity contribution is -0.153. The summed E-state index contributed by atoms with van der Waals surface area (Å²) in [5.74, 6) is -4.67. The van der Waals surface area contributed by atoms with Crippen LogP contribution in [0.4, 0.5) is 0 Å². The number of amides is 4. The maximum absolute atomic E-state index is 11.7. The van der Waals surface area contributed by atoms with Gasteiger partial charge in [0, 0.05) is 37.4 Å². The van der Waals surface area contributed by atoms with Gasteiger partial charge in [-0.15, -0.1) is 0 Å². The molecule has 2 N–H and O–H groups in total. The van der Waals surface area contributed by atoms with Gasteiger partial charge in [-0.3, -0.25) is 33.8 Å². The van der Waals surface area contributed by atoms with E-state index in [1.165, 1.54) is 6.92 Å². The van der Waals surface area contributed by atoms with Crippen molar-refractivity contribution in [2.75, 3.05) is 13.1 Å². The van der Waals surface area contributed by atoms with Gasteiger partial charge >= 0.3 is 5.97 Å². The molecule has 0 saturated heterocycles.